The smallest absolute Gasteiger partial charge is 0.188 e. The van der Waals surface area contributed by atoms with Crippen LogP contribution in [0, 0.1) is 0 Å². The second-order valence-electron chi connectivity index (χ2n) is 3.40. The van der Waals surface area contributed by atoms with Gasteiger partial charge in [0.05, 0.1) is 13.2 Å². The van der Waals surface area contributed by atoms with E-state index in [-0.39, 0.29) is 12.4 Å². The second kappa shape index (κ2) is 8.28. The molecular formula is C13H18O3S. The molecule has 0 fully saturated rings. The molecule has 17 heavy (non-hydrogen) atoms. The Labute approximate surface area is 106 Å². The Bertz CT molecular complexity index is 335. The van der Waals surface area contributed by atoms with Gasteiger partial charge in [0.2, 0.25) is 0 Å². The SMILES string of the molecule is CCOCCOCC(=O)c1ccc(SC)cc1. The van der Waals surface area contributed by atoms with Gasteiger partial charge in [0.15, 0.2) is 5.78 Å². The van der Waals surface area contributed by atoms with Crippen LogP contribution < -0.4 is 0 Å². The van der Waals surface area contributed by atoms with E-state index in [1.807, 2.05) is 37.4 Å². The summed E-state index contributed by atoms with van der Waals surface area (Å²) in [6.45, 7) is 3.72. The highest BCUT2D eigenvalue weighted by atomic mass is 32.2. The minimum absolute atomic E-state index is 0.00847. The van der Waals surface area contributed by atoms with E-state index in [0.717, 1.165) is 4.90 Å². The first-order valence-electron chi connectivity index (χ1n) is 5.60. The van der Waals surface area contributed by atoms with Gasteiger partial charge in [-0.3, -0.25) is 4.79 Å². The van der Waals surface area contributed by atoms with E-state index in [4.69, 9.17) is 9.47 Å². The molecule has 1 aromatic carbocycles. The van der Waals surface area contributed by atoms with Crippen LogP contribution in [0.15, 0.2) is 29.2 Å². The third-order valence-corrected chi connectivity index (χ3v) is 2.96. The zero-order valence-corrected chi connectivity index (χ0v) is 11.1. The first-order chi connectivity index (χ1) is 8.27. The van der Waals surface area contributed by atoms with Crippen molar-refractivity contribution in [2.24, 2.45) is 0 Å². The number of hydrogen-bond donors (Lipinski definition) is 0. The van der Waals surface area contributed by atoms with Crippen molar-refractivity contribution < 1.29 is 14.3 Å². The molecule has 0 aliphatic rings. The van der Waals surface area contributed by atoms with Crippen LogP contribution in [-0.4, -0.2) is 38.5 Å². The Morgan fingerprint density at radius 2 is 1.82 bits per heavy atom. The Kier molecular flexibility index (Phi) is 6.93. The number of rotatable bonds is 8. The van der Waals surface area contributed by atoms with E-state index in [2.05, 4.69) is 0 Å². The van der Waals surface area contributed by atoms with Crippen LogP contribution >= 0.6 is 11.8 Å². The highest BCUT2D eigenvalue weighted by molar-refractivity contribution is 7.98. The van der Waals surface area contributed by atoms with Crippen LogP contribution in [0.2, 0.25) is 0 Å². The molecule has 4 heteroatoms. The standard InChI is InChI=1S/C13H18O3S/c1-3-15-8-9-16-10-13(14)11-4-6-12(17-2)7-5-11/h4-7H,3,8-10H2,1-2H3. The topological polar surface area (TPSA) is 35.5 Å². The largest absolute Gasteiger partial charge is 0.379 e. The maximum atomic E-state index is 11.7. The van der Waals surface area contributed by atoms with Gasteiger partial charge in [0.1, 0.15) is 6.61 Å². The van der Waals surface area contributed by atoms with Crippen LogP contribution in [-0.2, 0) is 9.47 Å². The van der Waals surface area contributed by atoms with Crippen molar-refractivity contribution >= 4 is 17.5 Å². The summed E-state index contributed by atoms with van der Waals surface area (Å²) in [5.74, 6) is 0.00847. The molecule has 0 radical (unpaired) electrons. The quantitative estimate of drug-likeness (QED) is 0.406. The van der Waals surface area contributed by atoms with Gasteiger partial charge >= 0.3 is 0 Å². The highest BCUT2D eigenvalue weighted by Crippen LogP contribution is 2.15. The highest BCUT2D eigenvalue weighted by Gasteiger charge is 2.05. The molecule has 1 rings (SSSR count). The fraction of sp³-hybridized carbons (Fsp3) is 0.462. The predicted molar refractivity (Wildman–Crippen MR) is 69.9 cm³/mol. The summed E-state index contributed by atoms with van der Waals surface area (Å²) in [5.41, 5.74) is 0.694. The molecule has 0 amide bonds. The van der Waals surface area contributed by atoms with E-state index in [9.17, 15) is 4.79 Å². The van der Waals surface area contributed by atoms with Gasteiger partial charge in [-0.25, -0.2) is 0 Å². The number of Topliss-reactive ketones (excluding diaryl/α,β-unsaturated/α-hetero) is 1. The molecule has 3 nitrogen and oxygen atoms in total. The molecule has 0 aromatic heterocycles. The third-order valence-electron chi connectivity index (χ3n) is 2.22. The number of carbonyl (C=O) groups excluding carboxylic acids is 1. The van der Waals surface area contributed by atoms with Crippen molar-refractivity contribution in [2.75, 3.05) is 32.7 Å². The minimum Gasteiger partial charge on any atom is -0.379 e. The zero-order valence-electron chi connectivity index (χ0n) is 10.3. The lowest BCUT2D eigenvalue weighted by Crippen LogP contribution is -2.12. The van der Waals surface area contributed by atoms with Gasteiger partial charge in [-0.2, -0.15) is 0 Å². The number of hydrogen-bond acceptors (Lipinski definition) is 4. The maximum absolute atomic E-state index is 11.7. The fourth-order valence-corrected chi connectivity index (χ4v) is 1.70. The van der Waals surface area contributed by atoms with Crippen molar-refractivity contribution in [3.8, 4) is 0 Å². The van der Waals surface area contributed by atoms with Crippen LogP contribution in [0.3, 0.4) is 0 Å². The molecule has 0 spiro atoms. The molecule has 1 aromatic rings. The van der Waals surface area contributed by atoms with Gasteiger partial charge in [-0.15, -0.1) is 11.8 Å². The van der Waals surface area contributed by atoms with Crippen molar-refractivity contribution in [1.82, 2.24) is 0 Å². The van der Waals surface area contributed by atoms with Crippen LogP contribution in [0.4, 0.5) is 0 Å². The number of ether oxygens (including phenoxy) is 2. The lowest BCUT2D eigenvalue weighted by molar-refractivity contribution is 0.0475. The Morgan fingerprint density at radius 1 is 1.18 bits per heavy atom. The third kappa shape index (κ3) is 5.35. The number of ketones is 1. The molecule has 0 N–H and O–H groups in total. The number of thioether (sulfide) groups is 1. The van der Waals surface area contributed by atoms with Crippen LogP contribution in [0.1, 0.15) is 17.3 Å². The van der Waals surface area contributed by atoms with E-state index in [1.165, 1.54) is 0 Å². The van der Waals surface area contributed by atoms with Crippen molar-refractivity contribution in [2.45, 2.75) is 11.8 Å². The summed E-state index contributed by atoms with van der Waals surface area (Å²) < 4.78 is 10.3. The van der Waals surface area contributed by atoms with Crippen LogP contribution in [0.25, 0.3) is 0 Å². The molecule has 0 unspecified atom stereocenters. The lowest BCUT2D eigenvalue weighted by Gasteiger charge is -2.04. The summed E-state index contributed by atoms with van der Waals surface area (Å²) >= 11 is 1.66. The summed E-state index contributed by atoms with van der Waals surface area (Å²) in [4.78, 5) is 12.9. The molecule has 0 saturated carbocycles. The molecule has 0 aliphatic carbocycles. The predicted octanol–water partition coefficient (Wildman–Crippen LogP) is 2.64. The molecule has 0 aliphatic heterocycles. The molecule has 0 saturated heterocycles. The van der Waals surface area contributed by atoms with E-state index in [1.54, 1.807) is 11.8 Å². The van der Waals surface area contributed by atoms with Gasteiger partial charge in [0, 0.05) is 17.1 Å². The summed E-state index contributed by atoms with van der Waals surface area (Å²) in [7, 11) is 0. The molecule has 94 valence electrons. The van der Waals surface area contributed by atoms with Gasteiger partial charge < -0.3 is 9.47 Å². The Morgan fingerprint density at radius 3 is 2.41 bits per heavy atom. The maximum Gasteiger partial charge on any atom is 0.188 e. The average Bonchev–Trinajstić information content (AvgIpc) is 2.38. The molecule has 0 bridgehead atoms. The summed E-state index contributed by atoms with van der Waals surface area (Å²) in [6.07, 6.45) is 2.01. The van der Waals surface area contributed by atoms with Crippen molar-refractivity contribution in [1.29, 1.82) is 0 Å². The average molecular weight is 254 g/mol. The second-order valence-corrected chi connectivity index (χ2v) is 4.28. The number of carbonyl (C=O) groups is 1. The first-order valence-corrected chi connectivity index (χ1v) is 6.83. The Hall–Kier alpha value is -0.840. The molecule has 0 atom stereocenters. The molecule has 0 heterocycles. The number of benzene rings is 1. The zero-order chi connectivity index (χ0) is 12.5. The fourth-order valence-electron chi connectivity index (χ4n) is 1.29. The minimum atomic E-state index is 0.00847. The van der Waals surface area contributed by atoms with Crippen molar-refractivity contribution in [3.63, 3.8) is 0 Å². The van der Waals surface area contributed by atoms with E-state index in [0.29, 0.717) is 25.4 Å². The summed E-state index contributed by atoms with van der Waals surface area (Å²) in [5, 5.41) is 0. The van der Waals surface area contributed by atoms with Gasteiger partial charge in [0.25, 0.3) is 0 Å². The monoisotopic (exact) mass is 254 g/mol. The van der Waals surface area contributed by atoms with E-state index < -0.39 is 0 Å². The Balaban J connectivity index is 2.31. The van der Waals surface area contributed by atoms with Crippen molar-refractivity contribution in [3.05, 3.63) is 29.8 Å². The van der Waals surface area contributed by atoms with Crippen LogP contribution in [0.5, 0.6) is 0 Å². The van der Waals surface area contributed by atoms with Gasteiger partial charge in [-0.05, 0) is 25.3 Å². The van der Waals surface area contributed by atoms with Gasteiger partial charge in [-0.1, -0.05) is 12.1 Å². The first kappa shape index (κ1) is 14.2. The molecular weight excluding hydrogens is 236 g/mol. The summed E-state index contributed by atoms with van der Waals surface area (Å²) in [6, 6.07) is 7.55. The normalized spacial score (nSPS) is 10.5. The lowest BCUT2D eigenvalue weighted by atomic mass is 10.1. The van der Waals surface area contributed by atoms with E-state index >= 15 is 0 Å².